The predicted molar refractivity (Wildman–Crippen MR) is 105 cm³/mol. The highest BCUT2D eigenvalue weighted by molar-refractivity contribution is 5.43. The molecule has 0 heterocycles. The second kappa shape index (κ2) is 10.5. The summed E-state index contributed by atoms with van der Waals surface area (Å²) in [4.78, 5) is 0. The molecule has 4 heteroatoms. The van der Waals surface area contributed by atoms with E-state index in [0.717, 1.165) is 34.8 Å². The van der Waals surface area contributed by atoms with E-state index in [9.17, 15) is 0 Å². The zero-order chi connectivity index (χ0) is 18.8. The maximum atomic E-state index is 5.76. The van der Waals surface area contributed by atoms with Crippen LogP contribution < -0.4 is 14.2 Å². The lowest BCUT2D eigenvalue weighted by atomic mass is 10.1. The van der Waals surface area contributed by atoms with E-state index >= 15 is 0 Å². The molecule has 140 valence electrons. The van der Waals surface area contributed by atoms with Gasteiger partial charge in [-0.1, -0.05) is 24.3 Å². The molecule has 0 aliphatic carbocycles. The molecule has 0 atom stereocenters. The van der Waals surface area contributed by atoms with Gasteiger partial charge in [-0.25, -0.2) is 0 Å². The van der Waals surface area contributed by atoms with E-state index in [1.165, 1.54) is 5.56 Å². The van der Waals surface area contributed by atoms with Crippen LogP contribution in [0.3, 0.4) is 0 Å². The Kier molecular flexibility index (Phi) is 8.03. The minimum atomic E-state index is 0.459. The lowest BCUT2D eigenvalue weighted by Crippen LogP contribution is -2.12. The fourth-order valence-electron chi connectivity index (χ4n) is 2.51. The lowest BCUT2D eigenvalue weighted by Gasteiger charge is -2.13. The number of rotatable bonds is 11. The van der Waals surface area contributed by atoms with Gasteiger partial charge in [-0.2, -0.15) is 0 Å². The minimum absolute atomic E-state index is 0.459. The average molecular weight is 356 g/mol. The lowest BCUT2D eigenvalue weighted by molar-refractivity contribution is 0.0755. The van der Waals surface area contributed by atoms with Gasteiger partial charge in [0.1, 0.15) is 19.0 Å². The number of allylic oxidation sites excluding steroid dienone is 1. The van der Waals surface area contributed by atoms with E-state index in [2.05, 4.69) is 25.6 Å². The molecule has 0 bridgehead atoms. The first kappa shape index (κ1) is 19.9. The van der Waals surface area contributed by atoms with Crippen molar-refractivity contribution >= 4 is 0 Å². The molecule has 2 aromatic rings. The summed E-state index contributed by atoms with van der Waals surface area (Å²) >= 11 is 0. The van der Waals surface area contributed by atoms with E-state index in [-0.39, 0.29) is 0 Å². The third-order valence-corrected chi connectivity index (χ3v) is 3.92. The standard InChI is InChI=1S/C22H28O4/c1-5-6-19-9-10-20(22(16-19)23-4)25-13-11-24-12-14-26-21-15-17(2)7-8-18(21)3/h5,7-10,15-16H,1,6,11-14H2,2-4H3. The second-order valence-electron chi connectivity index (χ2n) is 6.06. The van der Waals surface area contributed by atoms with Crippen LogP contribution in [0.15, 0.2) is 49.1 Å². The topological polar surface area (TPSA) is 36.9 Å². The summed E-state index contributed by atoms with van der Waals surface area (Å²) in [6, 6.07) is 12.1. The zero-order valence-corrected chi connectivity index (χ0v) is 15.9. The van der Waals surface area contributed by atoms with Gasteiger partial charge >= 0.3 is 0 Å². The molecule has 0 aliphatic heterocycles. The highest BCUT2D eigenvalue weighted by Crippen LogP contribution is 2.28. The van der Waals surface area contributed by atoms with Crippen LogP contribution in [0.2, 0.25) is 0 Å². The summed E-state index contributed by atoms with van der Waals surface area (Å²) < 4.78 is 22.5. The SMILES string of the molecule is C=CCc1ccc(OCCOCCOc2cc(C)ccc2C)c(OC)c1. The molecule has 0 spiro atoms. The van der Waals surface area contributed by atoms with Crippen LogP contribution in [0.4, 0.5) is 0 Å². The van der Waals surface area contributed by atoms with Crippen molar-refractivity contribution in [2.75, 3.05) is 33.5 Å². The number of hydrogen-bond donors (Lipinski definition) is 0. The van der Waals surface area contributed by atoms with Gasteiger partial charge in [0.05, 0.1) is 20.3 Å². The Balaban J connectivity index is 1.67. The van der Waals surface area contributed by atoms with Crippen LogP contribution in [0.1, 0.15) is 16.7 Å². The fourth-order valence-corrected chi connectivity index (χ4v) is 2.51. The average Bonchev–Trinajstić information content (AvgIpc) is 2.64. The Labute approximate surface area is 156 Å². The summed E-state index contributed by atoms with van der Waals surface area (Å²) in [6.45, 7) is 9.83. The van der Waals surface area contributed by atoms with E-state index in [1.54, 1.807) is 7.11 Å². The predicted octanol–water partition coefficient (Wildman–Crippen LogP) is 4.51. The van der Waals surface area contributed by atoms with Gasteiger partial charge < -0.3 is 18.9 Å². The van der Waals surface area contributed by atoms with Crippen LogP contribution >= 0.6 is 0 Å². The third kappa shape index (κ3) is 6.12. The van der Waals surface area contributed by atoms with Crippen molar-refractivity contribution in [3.8, 4) is 17.2 Å². The van der Waals surface area contributed by atoms with E-state index in [1.807, 2.05) is 37.3 Å². The molecule has 0 fully saturated rings. The molecule has 0 aliphatic rings. The van der Waals surface area contributed by atoms with Crippen molar-refractivity contribution < 1.29 is 18.9 Å². The van der Waals surface area contributed by atoms with Crippen LogP contribution in [0, 0.1) is 13.8 Å². The molecule has 0 unspecified atom stereocenters. The van der Waals surface area contributed by atoms with E-state index in [4.69, 9.17) is 18.9 Å². The third-order valence-electron chi connectivity index (χ3n) is 3.92. The number of benzene rings is 2. The minimum Gasteiger partial charge on any atom is -0.493 e. The van der Waals surface area contributed by atoms with Crippen molar-refractivity contribution in [1.82, 2.24) is 0 Å². The van der Waals surface area contributed by atoms with Crippen LogP contribution in [0.25, 0.3) is 0 Å². The zero-order valence-electron chi connectivity index (χ0n) is 15.9. The molecule has 0 saturated heterocycles. The molecular weight excluding hydrogens is 328 g/mol. The maximum Gasteiger partial charge on any atom is 0.161 e. The molecular formula is C22H28O4. The van der Waals surface area contributed by atoms with E-state index in [0.29, 0.717) is 26.4 Å². The smallest absolute Gasteiger partial charge is 0.161 e. The first-order chi connectivity index (χ1) is 12.6. The molecule has 0 amide bonds. The van der Waals surface area contributed by atoms with Gasteiger partial charge in [0.2, 0.25) is 0 Å². The molecule has 26 heavy (non-hydrogen) atoms. The Morgan fingerprint density at radius 2 is 1.58 bits per heavy atom. The van der Waals surface area contributed by atoms with Crippen molar-refractivity contribution in [2.24, 2.45) is 0 Å². The van der Waals surface area contributed by atoms with Gasteiger partial charge in [0.15, 0.2) is 11.5 Å². The fraction of sp³-hybridized carbons (Fsp3) is 0.364. The van der Waals surface area contributed by atoms with Crippen molar-refractivity contribution in [2.45, 2.75) is 20.3 Å². The van der Waals surface area contributed by atoms with Crippen molar-refractivity contribution in [1.29, 1.82) is 0 Å². The quantitative estimate of drug-likeness (QED) is 0.438. The van der Waals surface area contributed by atoms with Crippen molar-refractivity contribution in [3.05, 3.63) is 65.7 Å². The molecule has 0 N–H and O–H groups in total. The van der Waals surface area contributed by atoms with Crippen LogP contribution in [-0.2, 0) is 11.2 Å². The van der Waals surface area contributed by atoms with Gasteiger partial charge in [-0.05, 0) is 55.2 Å². The maximum absolute atomic E-state index is 5.76. The molecule has 2 rings (SSSR count). The Morgan fingerprint density at radius 1 is 0.846 bits per heavy atom. The summed E-state index contributed by atoms with van der Waals surface area (Å²) in [7, 11) is 1.64. The largest absolute Gasteiger partial charge is 0.493 e. The Hall–Kier alpha value is -2.46. The van der Waals surface area contributed by atoms with Crippen molar-refractivity contribution in [3.63, 3.8) is 0 Å². The summed E-state index contributed by atoms with van der Waals surface area (Å²) in [5, 5.41) is 0. The van der Waals surface area contributed by atoms with Crippen LogP contribution in [-0.4, -0.2) is 33.5 Å². The number of aryl methyl sites for hydroxylation is 2. The summed E-state index contributed by atoms with van der Waals surface area (Å²) in [6.07, 6.45) is 2.67. The molecule has 0 radical (unpaired) electrons. The Bertz CT molecular complexity index is 709. The van der Waals surface area contributed by atoms with Gasteiger partial charge in [0.25, 0.3) is 0 Å². The molecule has 2 aromatic carbocycles. The summed E-state index contributed by atoms with van der Waals surface area (Å²) in [5.74, 6) is 2.35. The summed E-state index contributed by atoms with van der Waals surface area (Å²) in [5.41, 5.74) is 3.46. The van der Waals surface area contributed by atoms with E-state index < -0.39 is 0 Å². The number of hydrogen-bond acceptors (Lipinski definition) is 4. The monoisotopic (exact) mass is 356 g/mol. The molecule has 4 nitrogen and oxygen atoms in total. The van der Waals surface area contributed by atoms with Gasteiger partial charge in [0, 0.05) is 0 Å². The van der Waals surface area contributed by atoms with Gasteiger partial charge in [-0.3, -0.25) is 0 Å². The first-order valence-corrected chi connectivity index (χ1v) is 8.82. The highest BCUT2D eigenvalue weighted by atomic mass is 16.6. The second-order valence-corrected chi connectivity index (χ2v) is 6.06. The molecule has 0 aromatic heterocycles. The first-order valence-electron chi connectivity index (χ1n) is 8.82. The Morgan fingerprint density at radius 3 is 2.27 bits per heavy atom. The number of ether oxygens (including phenoxy) is 4. The normalized spacial score (nSPS) is 10.4. The highest BCUT2D eigenvalue weighted by Gasteiger charge is 2.05. The number of methoxy groups -OCH3 is 1. The van der Waals surface area contributed by atoms with Crippen LogP contribution in [0.5, 0.6) is 17.2 Å². The van der Waals surface area contributed by atoms with Gasteiger partial charge in [-0.15, -0.1) is 6.58 Å². The molecule has 0 saturated carbocycles.